The minimum atomic E-state index is 0.504. The van der Waals surface area contributed by atoms with Gasteiger partial charge in [-0.15, -0.1) is 0 Å². The summed E-state index contributed by atoms with van der Waals surface area (Å²) in [6.45, 7) is 2.35. The number of nitrogens with one attached hydrogen (secondary N) is 1. The van der Waals surface area contributed by atoms with Crippen LogP contribution in [0.15, 0.2) is 24.3 Å². The van der Waals surface area contributed by atoms with Gasteiger partial charge in [0.15, 0.2) is 0 Å². The first kappa shape index (κ1) is 11.1. The second-order valence-electron chi connectivity index (χ2n) is 5.32. The predicted molar refractivity (Wildman–Crippen MR) is 69.4 cm³/mol. The van der Waals surface area contributed by atoms with Gasteiger partial charge in [-0.1, -0.05) is 18.2 Å². The zero-order valence-electron chi connectivity index (χ0n) is 10.3. The van der Waals surface area contributed by atoms with Crippen molar-refractivity contribution in [3.05, 3.63) is 29.8 Å². The maximum absolute atomic E-state index is 5.98. The smallest absolute Gasteiger partial charge is 0.122 e. The minimum absolute atomic E-state index is 0.504. The maximum Gasteiger partial charge on any atom is 0.122 e. The molecule has 2 aliphatic rings. The van der Waals surface area contributed by atoms with Crippen LogP contribution in [0.5, 0.6) is 5.75 Å². The van der Waals surface area contributed by atoms with Gasteiger partial charge in [-0.3, -0.25) is 0 Å². The molecule has 0 spiro atoms. The van der Waals surface area contributed by atoms with E-state index in [9.17, 15) is 0 Å². The highest BCUT2D eigenvalue weighted by Gasteiger charge is 2.25. The Kier molecular flexibility index (Phi) is 3.32. The van der Waals surface area contributed by atoms with Crippen LogP contribution in [-0.4, -0.2) is 19.2 Å². The monoisotopic (exact) mass is 231 g/mol. The molecule has 1 N–H and O–H groups in total. The molecule has 0 radical (unpaired) electrons. The molecule has 17 heavy (non-hydrogen) atoms. The summed E-state index contributed by atoms with van der Waals surface area (Å²) in [7, 11) is 0. The van der Waals surface area contributed by atoms with Crippen molar-refractivity contribution in [2.45, 2.75) is 38.2 Å². The SMILES string of the molecule is c1ccc(OC2CC2)c(CC2CCNCC2)c1. The first-order valence-electron chi connectivity index (χ1n) is 6.87. The summed E-state index contributed by atoms with van der Waals surface area (Å²) in [6, 6.07) is 8.59. The van der Waals surface area contributed by atoms with E-state index in [4.69, 9.17) is 4.74 Å². The molecule has 1 aromatic carbocycles. The van der Waals surface area contributed by atoms with Gasteiger partial charge in [-0.25, -0.2) is 0 Å². The normalized spacial score (nSPS) is 21.4. The number of hydrogen-bond acceptors (Lipinski definition) is 2. The lowest BCUT2D eigenvalue weighted by molar-refractivity contribution is 0.295. The van der Waals surface area contributed by atoms with Crippen LogP contribution in [0.1, 0.15) is 31.2 Å². The number of hydrogen-bond donors (Lipinski definition) is 1. The summed E-state index contributed by atoms with van der Waals surface area (Å²) in [5.41, 5.74) is 1.41. The molecular weight excluding hydrogens is 210 g/mol. The summed E-state index contributed by atoms with van der Waals surface area (Å²) in [4.78, 5) is 0. The van der Waals surface area contributed by atoms with Crippen LogP contribution in [0.2, 0.25) is 0 Å². The van der Waals surface area contributed by atoms with Gasteiger partial charge in [0.25, 0.3) is 0 Å². The second kappa shape index (κ2) is 5.09. The fraction of sp³-hybridized carbons (Fsp3) is 0.600. The van der Waals surface area contributed by atoms with Crippen LogP contribution in [0, 0.1) is 5.92 Å². The quantitative estimate of drug-likeness (QED) is 0.860. The van der Waals surface area contributed by atoms with Gasteiger partial charge in [-0.05, 0) is 62.7 Å². The van der Waals surface area contributed by atoms with E-state index in [1.165, 1.54) is 50.8 Å². The van der Waals surface area contributed by atoms with E-state index in [0.29, 0.717) is 6.10 Å². The Morgan fingerprint density at radius 2 is 1.82 bits per heavy atom. The molecule has 2 nitrogen and oxygen atoms in total. The fourth-order valence-corrected chi connectivity index (χ4v) is 2.55. The van der Waals surface area contributed by atoms with Gasteiger partial charge >= 0.3 is 0 Å². The number of para-hydroxylation sites is 1. The molecule has 1 saturated carbocycles. The largest absolute Gasteiger partial charge is 0.490 e. The zero-order valence-corrected chi connectivity index (χ0v) is 10.3. The Hall–Kier alpha value is -1.02. The van der Waals surface area contributed by atoms with Crippen molar-refractivity contribution in [3.63, 3.8) is 0 Å². The molecule has 1 aliphatic carbocycles. The summed E-state index contributed by atoms with van der Waals surface area (Å²) < 4.78 is 5.98. The minimum Gasteiger partial charge on any atom is -0.490 e. The molecule has 1 saturated heterocycles. The highest BCUT2D eigenvalue weighted by Crippen LogP contribution is 2.31. The van der Waals surface area contributed by atoms with Crippen LogP contribution in [-0.2, 0) is 6.42 Å². The third-order valence-electron chi connectivity index (χ3n) is 3.76. The van der Waals surface area contributed by atoms with Crippen molar-refractivity contribution in [3.8, 4) is 5.75 Å². The van der Waals surface area contributed by atoms with Crippen molar-refractivity contribution in [2.24, 2.45) is 5.92 Å². The molecule has 1 aliphatic heterocycles. The van der Waals surface area contributed by atoms with E-state index < -0.39 is 0 Å². The number of piperidine rings is 1. The molecule has 3 rings (SSSR count). The van der Waals surface area contributed by atoms with Gasteiger partial charge in [-0.2, -0.15) is 0 Å². The second-order valence-corrected chi connectivity index (χ2v) is 5.32. The van der Waals surface area contributed by atoms with E-state index in [0.717, 1.165) is 11.7 Å². The first-order valence-corrected chi connectivity index (χ1v) is 6.87. The molecule has 0 bridgehead atoms. The first-order chi connectivity index (χ1) is 8.42. The summed E-state index contributed by atoms with van der Waals surface area (Å²) in [5.74, 6) is 1.97. The molecule has 0 atom stereocenters. The molecule has 0 unspecified atom stereocenters. The average molecular weight is 231 g/mol. The van der Waals surface area contributed by atoms with Crippen LogP contribution >= 0.6 is 0 Å². The maximum atomic E-state index is 5.98. The molecule has 2 fully saturated rings. The van der Waals surface area contributed by atoms with Crippen molar-refractivity contribution in [1.29, 1.82) is 0 Å². The molecule has 1 aromatic rings. The van der Waals surface area contributed by atoms with E-state index in [1.807, 2.05) is 0 Å². The van der Waals surface area contributed by atoms with Gasteiger partial charge in [0.2, 0.25) is 0 Å². The fourth-order valence-electron chi connectivity index (χ4n) is 2.55. The third kappa shape index (κ3) is 3.01. The molecule has 0 amide bonds. The van der Waals surface area contributed by atoms with Gasteiger partial charge in [0.05, 0.1) is 6.10 Å². The van der Waals surface area contributed by atoms with Gasteiger partial charge in [0, 0.05) is 0 Å². The number of ether oxygens (including phenoxy) is 1. The lowest BCUT2D eigenvalue weighted by Gasteiger charge is -2.23. The number of rotatable bonds is 4. The van der Waals surface area contributed by atoms with E-state index in [-0.39, 0.29) is 0 Å². The Bertz CT molecular complexity index is 367. The standard InChI is InChI=1S/C15H21NO/c1-2-4-15(17-14-5-6-14)13(3-1)11-12-7-9-16-10-8-12/h1-4,12,14,16H,5-11H2. The lowest BCUT2D eigenvalue weighted by atomic mass is 9.91. The van der Waals surface area contributed by atoms with Crippen LogP contribution in [0.3, 0.4) is 0 Å². The molecule has 0 aromatic heterocycles. The van der Waals surface area contributed by atoms with Crippen molar-refractivity contribution in [1.82, 2.24) is 5.32 Å². The van der Waals surface area contributed by atoms with Gasteiger partial charge in [0.1, 0.15) is 5.75 Å². The van der Waals surface area contributed by atoms with Gasteiger partial charge < -0.3 is 10.1 Å². The Morgan fingerprint density at radius 1 is 1.06 bits per heavy atom. The summed E-state index contributed by atoms with van der Waals surface area (Å²) >= 11 is 0. The van der Waals surface area contributed by atoms with E-state index in [2.05, 4.69) is 29.6 Å². The Morgan fingerprint density at radius 3 is 2.59 bits per heavy atom. The molecule has 2 heteroatoms. The Labute approximate surface area is 103 Å². The topological polar surface area (TPSA) is 21.3 Å². The lowest BCUT2D eigenvalue weighted by Crippen LogP contribution is -2.28. The van der Waals surface area contributed by atoms with Crippen molar-refractivity contribution < 1.29 is 4.74 Å². The predicted octanol–water partition coefficient (Wildman–Crippen LogP) is 2.77. The Balaban J connectivity index is 1.67. The van der Waals surface area contributed by atoms with Crippen LogP contribution < -0.4 is 10.1 Å². The van der Waals surface area contributed by atoms with E-state index >= 15 is 0 Å². The zero-order chi connectivity index (χ0) is 11.5. The highest BCUT2D eigenvalue weighted by atomic mass is 16.5. The number of benzene rings is 1. The third-order valence-corrected chi connectivity index (χ3v) is 3.76. The average Bonchev–Trinajstić information content (AvgIpc) is 3.17. The summed E-state index contributed by atoms with van der Waals surface area (Å²) in [5, 5.41) is 3.43. The molecular formula is C15H21NO. The van der Waals surface area contributed by atoms with Crippen molar-refractivity contribution in [2.75, 3.05) is 13.1 Å². The van der Waals surface area contributed by atoms with E-state index in [1.54, 1.807) is 0 Å². The molecule has 1 heterocycles. The molecule has 92 valence electrons. The van der Waals surface area contributed by atoms with Crippen molar-refractivity contribution >= 4 is 0 Å². The summed E-state index contributed by atoms with van der Waals surface area (Å²) in [6.07, 6.45) is 6.77. The van der Waals surface area contributed by atoms with Crippen LogP contribution in [0.25, 0.3) is 0 Å². The highest BCUT2D eigenvalue weighted by molar-refractivity contribution is 5.34. The van der Waals surface area contributed by atoms with Crippen LogP contribution in [0.4, 0.5) is 0 Å².